The number of benzene rings is 1. The van der Waals surface area contributed by atoms with E-state index in [2.05, 4.69) is 41.7 Å². The summed E-state index contributed by atoms with van der Waals surface area (Å²) in [5.41, 5.74) is 2.69. The van der Waals surface area contributed by atoms with Gasteiger partial charge in [0.1, 0.15) is 0 Å². The van der Waals surface area contributed by atoms with Crippen molar-refractivity contribution in [2.75, 3.05) is 6.54 Å². The summed E-state index contributed by atoms with van der Waals surface area (Å²) >= 11 is 0. The van der Waals surface area contributed by atoms with Gasteiger partial charge >= 0.3 is 0 Å². The molecule has 1 saturated heterocycles. The van der Waals surface area contributed by atoms with Gasteiger partial charge in [-0.25, -0.2) is 0 Å². The highest BCUT2D eigenvalue weighted by atomic mass is 16.5. The Morgan fingerprint density at radius 1 is 1.38 bits per heavy atom. The van der Waals surface area contributed by atoms with Gasteiger partial charge in [0.05, 0.1) is 11.5 Å². The van der Waals surface area contributed by atoms with Crippen LogP contribution in [0.25, 0.3) is 0 Å². The van der Waals surface area contributed by atoms with E-state index in [4.69, 9.17) is 9.51 Å². The second-order valence-corrected chi connectivity index (χ2v) is 6.28. The summed E-state index contributed by atoms with van der Waals surface area (Å²) in [5.74, 6) is 1.97. The van der Waals surface area contributed by atoms with Gasteiger partial charge in [-0.1, -0.05) is 42.8 Å². The van der Waals surface area contributed by atoms with Crippen LogP contribution in [-0.2, 0) is 12.0 Å². The summed E-state index contributed by atoms with van der Waals surface area (Å²) in [5, 5.41) is 7.88. The lowest BCUT2D eigenvalue weighted by Gasteiger charge is -2.27. The second kappa shape index (κ2) is 4.95. The Bertz CT molecular complexity index is 643. The van der Waals surface area contributed by atoms with Crippen LogP contribution >= 0.6 is 0 Å². The van der Waals surface area contributed by atoms with Gasteiger partial charge in [-0.2, -0.15) is 4.98 Å². The number of fused-ring (bicyclic) bond motifs is 1. The third kappa shape index (κ3) is 2.01. The first-order chi connectivity index (χ1) is 10.3. The summed E-state index contributed by atoms with van der Waals surface area (Å²) in [6.07, 6.45) is 5.50. The molecule has 4 heteroatoms. The van der Waals surface area contributed by atoms with Crippen LogP contribution in [0, 0.1) is 0 Å². The summed E-state index contributed by atoms with van der Waals surface area (Å²) in [4.78, 5) is 4.76. The van der Waals surface area contributed by atoms with Crippen molar-refractivity contribution in [1.29, 1.82) is 0 Å². The van der Waals surface area contributed by atoms with E-state index >= 15 is 0 Å². The molecule has 110 valence electrons. The zero-order chi connectivity index (χ0) is 14.3. The molecular weight excluding hydrogens is 262 g/mol. The Balaban J connectivity index is 1.62. The third-order valence-electron chi connectivity index (χ3n) is 4.94. The van der Waals surface area contributed by atoms with E-state index in [0.717, 1.165) is 43.9 Å². The lowest BCUT2D eigenvalue weighted by atomic mass is 9.77. The molecule has 1 fully saturated rings. The van der Waals surface area contributed by atoms with Crippen LogP contribution < -0.4 is 5.32 Å². The number of nitrogens with one attached hydrogen (secondary N) is 1. The Labute approximate surface area is 124 Å². The molecule has 4 rings (SSSR count). The van der Waals surface area contributed by atoms with Gasteiger partial charge in [-0.15, -0.1) is 0 Å². The van der Waals surface area contributed by atoms with Crippen LogP contribution in [0.1, 0.15) is 61.4 Å². The summed E-state index contributed by atoms with van der Waals surface area (Å²) < 4.78 is 5.65. The molecule has 2 aromatic rings. The van der Waals surface area contributed by atoms with Gasteiger partial charge in [-0.3, -0.25) is 0 Å². The van der Waals surface area contributed by atoms with E-state index in [1.807, 2.05) is 0 Å². The monoisotopic (exact) mass is 283 g/mol. The van der Waals surface area contributed by atoms with E-state index < -0.39 is 0 Å². The molecule has 1 N–H and O–H groups in total. The van der Waals surface area contributed by atoms with Gasteiger partial charge in [-0.05, 0) is 43.4 Å². The smallest absolute Gasteiger partial charge is 0.246 e. The minimum absolute atomic E-state index is 0.0801. The van der Waals surface area contributed by atoms with Crippen molar-refractivity contribution in [3.63, 3.8) is 0 Å². The topological polar surface area (TPSA) is 51.0 Å². The van der Waals surface area contributed by atoms with Crippen LogP contribution in [0.4, 0.5) is 0 Å². The maximum Gasteiger partial charge on any atom is 0.246 e. The number of aromatic nitrogens is 2. The Hall–Kier alpha value is -1.68. The van der Waals surface area contributed by atoms with Crippen LogP contribution in [0.15, 0.2) is 28.8 Å². The normalized spacial score (nSPS) is 27.4. The molecule has 21 heavy (non-hydrogen) atoms. The van der Waals surface area contributed by atoms with E-state index in [-0.39, 0.29) is 5.54 Å². The van der Waals surface area contributed by atoms with Gasteiger partial charge in [0, 0.05) is 0 Å². The highest BCUT2D eigenvalue weighted by Gasteiger charge is 2.41. The molecule has 0 spiro atoms. The highest BCUT2D eigenvalue weighted by Crippen LogP contribution is 2.40. The molecule has 1 aliphatic heterocycles. The van der Waals surface area contributed by atoms with Crippen molar-refractivity contribution in [1.82, 2.24) is 15.5 Å². The van der Waals surface area contributed by atoms with Crippen molar-refractivity contribution in [2.24, 2.45) is 0 Å². The lowest BCUT2D eigenvalue weighted by Crippen LogP contribution is -2.37. The van der Waals surface area contributed by atoms with E-state index in [1.54, 1.807) is 0 Å². The van der Waals surface area contributed by atoms with E-state index in [0.29, 0.717) is 5.92 Å². The second-order valence-electron chi connectivity index (χ2n) is 6.28. The lowest BCUT2D eigenvalue weighted by molar-refractivity contribution is 0.240. The minimum Gasteiger partial charge on any atom is -0.337 e. The number of hydrogen-bond acceptors (Lipinski definition) is 4. The van der Waals surface area contributed by atoms with Crippen LogP contribution in [0.2, 0.25) is 0 Å². The first kappa shape index (κ1) is 13.0. The Morgan fingerprint density at radius 2 is 2.29 bits per heavy atom. The van der Waals surface area contributed by atoms with Crippen molar-refractivity contribution in [3.8, 4) is 0 Å². The quantitative estimate of drug-likeness (QED) is 0.936. The average Bonchev–Trinajstić information content (AvgIpc) is 3.11. The number of nitrogens with zero attached hydrogens (tertiary/aromatic N) is 2. The van der Waals surface area contributed by atoms with Gasteiger partial charge in [0.2, 0.25) is 5.89 Å². The number of rotatable bonds is 4. The molecule has 2 aliphatic rings. The molecule has 1 aliphatic carbocycles. The average molecular weight is 283 g/mol. The molecule has 0 radical (unpaired) electrons. The molecule has 0 bridgehead atoms. The maximum atomic E-state index is 5.65. The maximum absolute atomic E-state index is 5.65. The van der Waals surface area contributed by atoms with Gasteiger partial charge < -0.3 is 9.84 Å². The van der Waals surface area contributed by atoms with E-state index in [1.165, 1.54) is 17.5 Å². The molecule has 0 amide bonds. The predicted molar refractivity (Wildman–Crippen MR) is 80.1 cm³/mol. The standard InChI is InChI=1S/C17H21N3O/c1-2-8-17(9-5-10-18-17)16-19-15(20-21-16)14-11-12-6-3-4-7-13(12)14/h3-4,6-7,14,18H,2,5,8-11H2,1H3. The molecule has 1 aromatic carbocycles. The molecule has 4 nitrogen and oxygen atoms in total. The summed E-state index contributed by atoms with van der Waals surface area (Å²) in [7, 11) is 0. The van der Waals surface area contributed by atoms with E-state index in [9.17, 15) is 0 Å². The van der Waals surface area contributed by atoms with Crippen LogP contribution in [0.3, 0.4) is 0 Å². The first-order valence-corrected chi connectivity index (χ1v) is 7.99. The van der Waals surface area contributed by atoms with Crippen molar-refractivity contribution in [2.45, 2.75) is 50.5 Å². The molecule has 2 heterocycles. The van der Waals surface area contributed by atoms with Crippen molar-refractivity contribution < 1.29 is 4.52 Å². The number of hydrogen-bond donors (Lipinski definition) is 1. The molecule has 2 atom stereocenters. The van der Waals surface area contributed by atoms with Crippen molar-refractivity contribution in [3.05, 3.63) is 47.1 Å². The van der Waals surface area contributed by atoms with Gasteiger partial charge in [0.25, 0.3) is 0 Å². The fourth-order valence-corrected chi connectivity index (χ4v) is 3.80. The minimum atomic E-state index is -0.0801. The zero-order valence-electron chi connectivity index (χ0n) is 12.4. The van der Waals surface area contributed by atoms with Crippen LogP contribution in [0.5, 0.6) is 0 Å². The third-order valence-corrected chi connectivity index (χ3v) is 4.94. The summed E-state index contributed by atoms with van der Waals surface area (Å²) in [6, 6.07) is 8.54. The largest absolute Gasteiger partial charge is 0.337 e. The SMILES string of the molecule is CCCC1(c2nc(C3Cc4ccccc43)no2)CCCN1. The fraction of sp³-hybridized carbons (Fsp3) is 0.529. The summed E-state index contributed by atoms with van der Waals surface area (Å²) in [6.45, 7) is 3.26. The highest BCUT2D eigenvalue weighted by molar-refractivity contribution is 5.43. The zero-order valence-corrected chi connectivity index (χ0v) is 12.4. The molecule has 1 aromatic heterocycles. The molecule has 2 unspecified atom stereocenters. The molecular formula is C17H21N3O. The molecule has 0 saturated carbocycles. The van der Waals surface area contributed by atoms with Crippen LogP contribution in [-0.4, -0.2) is 16.7 Å². The Kier molecular flexibility index (Phi) is 3.07. The van der Waals surface area contributed by atoms with Crippen molar-refractivity contribution >= 4 is 0 Å². The first-order valence-electron chi connectivity index (χ1n) is 7.99. The predicted octanol–water partition coefficient (Wildman–Crippen LogP) is 3.14. The Morgan fingerprint density at radius 3 is 3.05 bits per heavy atom. The van der Waals surface area contributed by atoms with Gasteiger partial charge in [0.15, 0.2) is 5.82 Å². The fourth-order valence-electron chi connectivity index (χ4n) is 3.80.